The summed E-state index contributed by atoms with van der Waals surface area (Å²) < 4.78 is 13.3. The zero-order valence-electron chi connectivity index (χ0n) is 14.8. The second-order valence-electron chi connectivity index (χ2n) is 6.59. The summed E-state index contributed by atoms with van der Waals surface area (Å²) in [6.45, 7) is 6.47. The van der Waals surface area contributed by atoms with Gasteiger partial charge in [-0.3, -0.25) is 4.90 Å². The molecule has 1 N–H and O–H groups in total. The average Bonchev–Trinajstić information content (AvgIpc) is 2.66. The van der Waals surface area contributed by atoms with Gasteiger partial charge in [-0.25, -0.2) is 4.39 Å². The van der Waals surface area contributed by atoms with Crippen LogP contribution in [0.2, 0.25) is 5.02 Å². The summed E-state index contributed by atoms with van der Waals surface area (Å²) in [6.07, 6.45) is 0. The highest BCUT2D eigenvalue weighted by atomic mass is 35.5. The molecule has 0 radical (unpaired) electrons. The number of piperazine rings is 1. The van der Waals surface area contributed by atoms with Crippen LogP contribution >= 0.6 is 23.8 Å². The maximum atomic E-state index is 13.3. The summed E-state index contributed by atoms with van der Waals surface area (Å²) in [5, 5.41) is 4.40. The van der Waals surface area contributed by atoms with Gasteiger partial charge in [0.2, 0.25) is 0 Å². The minimum absolute atomic E-state index is 0.182. The molecule has 1 aliphatic heterocycles. The highest BCUT2D eigenvalue weighted by Gasteiger charge is 2.20. The number of hydrogen-bond donors (Lipinski definition) is 1. The predicted molar refractivity (Wildman–Crippen MR) is 109 cm³/mol. The highest BCUT2D eigenvalue weighted by molar-refractivity contribution is 7.80. The monoisotopic (exact) mass is 391 g/mol. The van der Waals surface area contributed by atoms with E-state index >= 15 is 0 Å². The number of thiocarbonyl (C=S) groups is 1. The Balaban J connectivity index is 1.48. The van der Waals surface area contributed by atoms with Crippen molar-refractivity contribution in [1.29, 1.82) is 0 Å². The summed E-state index contributed by atoms with van der Waals surface area (Å²) in [4.78, 5) is 4.55. The van der Waals surface area contributed by atoms with Crippen molar-refractivity contribution in [2.24, 2.45) is 0 Å². The molecule has 3 nitrogen and oxygen atoms in total. The molecule has 0 bridgehead atoms. The minimum Gasteiger partial charge on any atom is -0.356 e. The fourth-order valence-electron chi connectivity index (χ4n) is 3.11. The van der Waals surface area contributed by atoms with Crippen molar-refractivity contribution >= 4 is 28.9 Å². The van der Waals surface area contributed by atoms with Gasteiger partial charge in [0.1, 0.15) is 5.82 Å². The lowest BCUT2D eigenvalue weighted by Crippen LogP contribution is -2.51. The van der Waals surface area contributed by atoms with Crippen molar-refractivity contribution in [1.82, 2.24) is 15.1 Å². The van der Waals surface area contributed by atoms with Gasteiger partial charge in [-0.05, 0) is 42.4 Å². The molecule has 2 aromatic rings. The molecule has 1 unspecified atom stereocenters. The van der Waals surface area contributed by atoms with E-state index in [-0.39, 0.29) is 16.9 Å². The number of nitrogens with one attached hydrogen (secondary N) is 1. The van der Waals surface area contributed by atoms with Crippen molar-refractivity contribution in [2.45, 2.75) is 19.5 Å². The smallest absolute Gasteiger partial charge is 0.169 e. The third-order valence-corrected chi connectivity index (χ3v) is 5.35. The van der Waals surface area contributed by atoms with Gasteiger partial charge in [-0.15, -0.1) is 0 Å². The second kappa shape index (κ2) is 8.80. The van der Waals surface area contributed by atoms with Gasteiger partial charge in [0.25, 0.3) is 0 Å². The van der Waals surface area contributed by atoms with Crippen LogP contribution in [0, 0.1) is 5.82 Å². The average molecular weight is 392 g/mol. The molecular weight excluding hydrogens is 369 g/mol. The SMILES string of the molecule is CC(NC(=S)N1CCN(Cc2ccc(F)c(Cl)c2)CC1)c1ccccc1. The first-order chi connectivity index (χ1) is 12.5. The molecule has 0 amide bonds. The molecule has 0 aliphatic carbocycles. The first-order valence-electron chi connectivity index (χ1n) is 8.79. The Labute approximate surface area is 164 Å². The van der Waals surface area contributed by atoms with Crippen LogP contribution < -0.4 is 5.32 Å². The van der Waals surface area contributed by atoms with Crippen LogP contribution in [0.3, 0.4) is 0 Å². The lowest BCUT2D eigenvalue weighted by atomic mass is 10.1. The van der Waals surface area contributed by atoms with Crippen molar-refractivity contribution in [3.05, 3.63) is 70.5 Å². The largest absolute Gasteiger partial charge is 0.356 e. The van der Waals surface area contributed by atoms with Crippen molar-refractivity contribution < 1.29 is 4.39 Å². The third kappa shape index (κ3) is 4.93. The minimum atomic E-state index is -0.371. The Bertz CT molecular complexity index is 748. The highest BCUT2D eigenvalue weighted by Crippen LogP contribution is 2.18. The zero-order chi connectivity index (χ0) is 18.5. The lowest BCUT2D eigenvalue weighted by Gasteiger charge is -2.37. The standard InChI is InChI=1S/C20H23ClFN3S/c1-15(17-5-3-2-4-6-17)23-20(26)25-11-9-24(10-12-25)14-16-7-8-19(22)18(21)13-16/h2-8,13,15H,9-12,14H2,1H3,(H,23,26). The number of hydrogen-bond acceptors (Lipinski definition) is 2. The van der Waals surface area contributed by atoms with Gasteiger partial charge < -0.3 is 10.2 Å². The fourth-order valence-corrected chi connectivity index (χ4v) is 3.67. The van der Waals surface area contributed by atoms with Crippen LogP contribution in [0.5, 0.6) is 0 Å². The van der Waals surface area contributed by atoms with Gasteiger partial charge in [0, 0.05) is 32.7 Å². The van der Waals surface area contributed by atoms with Crippen molar-refractivity contribution in [2.75, 3.05) is 26.2 Å². The van der Waals surface area contributed by atoms with Crippen molar-refractivity contribution in [3.8, 4) is 0 Å². The van der Waals surface area contributed by atoms with Crippen LogP contribution in [0.25, 0.3) is 0 Å². The van der Waals surface area contributed by atoms with E-state index in [0.29, 0.717) is 0 Å². The number of rotatable bonds is 4. The molecule has 3 rings (SSSR count). The second-order valence-corrected chi connectivity index (χ2v) is 7.39. The van der Waals surface area contributed by atoms with Crippen LogP contribution in [-0.2, 0) is 6.54 Å². The molecule has 1 heterocycles. The van der Waals surface area contributed by atoms with Crippen LogP contribution in [0.15, 0.2) is 48.5 Å². The first kappa shape index (κ1) is 19.1. The Kier molecular flexibility index (Phi) is 6.46. The lowest BCUT2D eigenvalue weighted by molar-refractivity contribution is 0.174. The summed E-state index contributed by atoms with van der Waals surface area (Å²) in [6, 6.07) is 15.4. The first-order valence-corrected chi connectivity index (χ1v) is 9.58. The number of benzene rings is 2. The van der Waals surface area contributed by atoms with Crippen molar-refractivity contribution in [3.63, 3.8) is 0 Å². The molecule has 1 aliphatic rings. The van der Waals surface area contributed by atoms with Gasteiger partial charge in [0.05, 0.1) is 11.1 Å². The molecule has 1 atom stereocenters. The molecule has 26 heavy (non-hydrogen) atoms. The summed E-state index contributed by atoms with van der Waals surface area (Å²) >= 11 is 11.5. The summed E-state index contributed by atoms with van der Waals surface area (Å²) in [7, 11) is 0. The van der Waals surface area contributed by atoms with E-state index in [1.54, 1.807) is 12.1 Å². The Hall–Kier alpha value is -1.69. The van der Waals surface area contributed by atoms with E-state index in [0.717, 1.165) is 43.4 Å². The van der Waals surface area contributed by atoms with E-state index in [1.165, 1.54) is 11.6 Å². The number of nitrogens with zero attached hydrogens (tertiary/aromatic N) is 2. The summed E-state index contributed by atoms with van der Waals surface area (Å²) in [5.41, 5.74) is 2.25. The van der Waals surface area contributed by atoms with Gasteiger partial charge >= 0.3 is 0 Å². The predicted octanol–water partition coefficient (Wildman–Crippen LogP) is 4.23. The van der Waals surface area contributed by atoms with E-state index in [4.69, 9.17) is 23.8 Å². The zero-order valence-corrected chi connectivity index (χ0v) is 16.4. The molecule has 6 heteroatoms. The van der Waals surface area contributed by atoms with Crippen LogP contribution in [0.4, 0.5) is 4.39 Å². The fraction of sp³-hybridized carbons (Fsp3) is 0.350. The van der Waals surface area contributed by atoms with E-state index in [1.807, 2.05) is 18.2 Å². The summed E-state index contributed by atoms with van der Waals surface area (Å²) in [5.74, 6) is -0.371. The van der Waals surface area contributed by atoms with E-state index in [2.05, 4.69) is 34.2 Å². The Morgan fingerprint density at radius 1 is 1.15 bits per heavy atom. The normalized spacial score (nSPS) is 16.3. The molecule has 0 saturated carbocycles. The van der Waals surface area contributed by atoms with Crippen LogP contribution in [-0.4, -0.2) is 41.1 Å². The quantitative estimate of drug-likeness (QED) is 0.785. The van der Waals surface area contributed by atoms with Gasteiger partial charge in [-0.2, -0.15) is 0 Å². The molecule has 2 aromatic carbocycles. The van der Waals surface area contributed by atoms with Gasteiger partial charge in [-0.1, -0.05) is 48.0 Å². The molecule has 0 spiro atoms. The van der Waals surface area contributed by atoms with Gasteiger partial charge in [0.15, 0.2) is 5.11 Å². The van der Waals surface area contributed by atoms with E-state index in [9.17, 15) is 4.39 Å². The maximum Gasteiger partial charge on any atom is 0.169 e. The molecule has 138 valence electrons. The van der Waals surface area contributed by atoms with E-state index < -0.39 is 0 Å². The number of halogens is 2. The Morgan fingerprint density at radius 3 is 2.50 bits per heavy atom. The third-order valence-electron chi connectivity index (χ3n) is 4.69. The topological polar surface area (TPSA) is 18.5 Å². The molecular formula is C20H23ClFN3S. The molecule has 1 fully saturated rings. The molecule has 1 saturated heterocycles. The Morgan fingerprint density at radius 2 is 1.85 bits per heavy atom. The van der Waals surface area contributed by atoms with Crippen LogP contribution in [0.1, 0.15) is 24.1 Å². The maximum absolute atomic E-state index is 13.3. The molecule has 0 aromatic heterocycles.